The largest absolute Gasteiger partial charge is 0.504 e. The van der Waals surface area contributed by atoms with Gasteiger partial charge in [-0.3, -0.25) is 33.6 Å². The summed E-state index contributed by atoms with van der Waals surface area (Å²) in [6, 6.07) is 10.7. The summed E-state index contributed by atoms with van der Waals surface area (Å²) in [5.41, 5.74) is 1.20. The second kappa shape index (κ2) is 13.1. The van der Waals surface area contributed by atoms with Crippen LogP contribution in [-0.2, 0) is 31.0 Å². The van der Waals surface area contributed by atoms with Crippen molar-refractivity contribution < 1.29 is 38.9 Å². The number of aromatic hydroxyl groups is 1. The number of aryl methyl sites for hydroxylation is 2. The van der Waals surface area contributed by atoms with Crippen molar-refractivity contribution >= 4 is 84.4 Å². The molecule has 1 saturated carbocycles. The van der Waals surface area contributed by atoms with E-state index in [1.807, 2.05) is 31.2 Å². The number of hydrogen-bond donors (Lipinski definition) is 2. The van der Waals surface area contributed by atoms with Gasteiger partial charge in [0.2, 0.25) is 23.6 Å². The van der Waals surface area contributed by atoms with E-state index < -0.39 is 58.7 Å². The zero-order valence-corrected chi connectivity index (χ0v) is 32.9. The molecule has 4 heterocycles. The van der Waals surface area contributed by atoms with Crippen LogP contribution < -0.4 is 9.64 Å². The van der Waals surface area contributed by atoms with Crippen LogP contribution in [0.5, 0.6) is 11.5 Å². The van der Waals surface area contributed by atoms with E-state index in [-0.39, 0.29) is 55.5 Å². The average molecular weight is 836 g/mol. The number of phenols is 1. The number of carboxylic acids is 1. The zero-order chi connectivity index (χ0) is 38.5. The lowest BCUT2D eigenvalue weighted by Gasteiger charge is -2.49. The molecule has 15 heteroatoms. The fourth-order valence-electron chi connectivity index (χ4n) is 9.44. The summed E-state index contributed by atoms with van der Waals surface area (Å²) in [4.78, 5) is 72.2. The van der Waals surface area contributed by atoms with Gasteiger partial charge >= 0.3 is 5.97 Å². The highest BCUT2D eigenvalue weighted by Crippen LogP contribution is 2.65. The summed E-state index contributed by atoms with van der Waals surface area (Å²) in [6.45, 7) is 3.71. The number of carbonyl (C=O) groups is 5. The second-order valence-electron chi connectivity index (χ2n) is 14.7. The molecule has 0 spiro atoms. The number of thiophene rings is 1. The van der Waals surface area contributed by atoms with Crippen LogP contribution in [0.3, 0.4) is 0 Å². The maximum atomic E-state index is 15.1. The summed E-state index contributed by atoms with van der Waals surface area (Å²) in [7, 11) is 3.10. The van der Waals surface area contributed by atoms with Crippen LogP contribution >= 0.6 is 38.9 Å². The molecule has 2 aromatic heterocycles. The van der Waals surface area contributed by atoms with Gasteiger partial charge in [0.25, 0.3) is 0 Å². The Labute approximate surface area is 327 Å². The SMILES string of the molecule is COc1cc(Br)cc(C2C3=CCC4C(=O)N(CCCC(=O)O)C(=O)C4C3CC3C(=O)N(c4cc(-c5sc6ccc(Cl)cc6c5C)nn4C)C(=O)C32C)c1O. The molecule has 2 aliphatic heterocycles. The molecule has 4 aliphatic rings. The number of rotatable bonds is 8. The lowest BCUT2D eigenvalue weighted by Crippen LogP contribution is -2.49. The fourth-order valence-corrected chi connectivity index (χ4v) is 11.2. The first-order chi connectivity index (χ1) is 25.7. The zero-order valence-electron chi connectivity index (χ0n) is 29.8. The Hall–Kier alpha value is -4.53. The third kappa shape index (κ3) is 5.27. The highest BCUT2D eigenvalue weighted by atomic mass is 79.9. The number of carbonyl (C=O) groups excluding carboxylic acids is 4. The number of nitrogens with zero attached hydrogens (tertiary/aromatic N) is 4. The van der Waals surface area contributed by atoms with Crippen molar-refractivity contribution in [3.8, 4) is 22.1 Å². The number of amides is 4. The van der Waals surface area contributed by atoms with Crippen LogP contribution in [0, 0.1) is 36.0 Å². The van der Waals surface area contributed by atoms with Gasteiger partial charge in [-0.05, 0) is 80.3 Å². The van der Waals surface area contributed by atoms with Gasteiger partial charge in [-0.25, -0.2) is 4.90 Å². The second-order valence-corrected chi connectivity index (χ2v) is 17.1. The van der Waals surface area contributed by atoms with Gasteiger partial charge in [-0.15, -0.1) is 11.3 Å². The summed E-state index contributed by atoms with van der Waals surface area (Å²) in [5, 5.41) is 27.2. The number of aliphatic carboxylic acids is 1. The minimum Gasteiger partial charge on any atom is -0.504 e. The highest BCUT2D eigenvalue weighted by Gasteiger charge is 2.68. The van der Waals surface area contributed by atoms with Crippen molar-refractivity contribution in [2.75, 3.05) is 18.6 Å². The van der Waals surface area contributed by atoms with Crippen LogP contribution in [0.15, 0.2) is 52.5 Å². The molecular formula is C39H36BrClN4O8S. The Morgan fingerprint density at radius 2 is 1.87 bits per heavy atom. The van der Waals surface area contributed by atoms with Gasteiger partial charge < -0.3 is 14.9 Å². The lowest BCUT2D eigenvalue weighted by molar-refractivity contribution is -0.142. The molecule has 4 amide bonds. The van der Waals surface area contributed by atoms with E-state index >= 15 is 4.79 Å². The summed E-state index contributed by atoms with van der Waals surface area (Å²) >= 11 is 11.4. The number of fused-ring (bicyclic) bond motifs is 5. The first kappa shape index (κ1) is 36.4. The van der Waals surface area contributed by atoms with Crippen molar-refractivity contribution in [2.24, 2.45) is 36.1 Å². The molecule has 4 aromatic rings. The molecule has 12 nitrogen and oxygen atoms in total. The standard InChI is InChI=1S/C39H36BrClN4O8S/c1-17-22-14-19(41)7-10-28(22)54-34(17)26-16-29(43(3)42-26)45-36(50)25-15-23-20(8-9-21-31(23)37(51)44(35(21)49)11-5-6-30(46)47)32(39(25,2)38(45)52)24-12-18(40)13-27(53-4)33(24)48/h7-8,10,12-14,16,21,23,25,31-32,48H,5-6,9,11,15H2,1-4H3,(H,46,47). The van der Waals surface area contributed by atoms with E-state index in [2.05, 4.69) is 15.9 Å². The minimum absolute atomic E-state index is 0.0203. The molecule has 280 valence electrons. The quantitative estimate of drug-likeness (QED) is 0.143. The first-order valence-electron chi connectivity index (χ1n) is 17.6. The van der Waals surface area contributed by atoms with Crippen molar-refractivity contribution in [1.29, 1.82) is 0 Å². The van der Waals surface area contributed by atoms with E-state index in [1.165, 1.54) is 28.0 Å². The number of anilines is 1. The van der Waals surface area contributed by atoms with Gasteiger partial charge in [0.1, 0.15) is 11.5 Å². The molecule has 54 heavy (non-hydrogen) atoms. The number of carboxylic acid groups (broad SMARTS) is 1. The summed E-state index contributed by atoms with van der Waals surface area (Å²) < 4.78 is 8.63. The van der Waals surface area contributed by atoms with Gasteiger partial charge in [0.15, 0.2) is 11.5 Å². The predicted molar refractivity (Wildman–Crippen MR) is 204 cm³/mol. The van der Waals surface area contributed by atoms with Crippen LogP contribution in [0.4, 0.5) is 5.82 Å². The van der Waals surface area contributed by atoms with Crippen molar-refractivity contribution in [1.82, 2.24) is 14.7 Å². The molecule has 8 rings (SSSR count). The third-order valence-corrected chi connectivity index (χ3v) is 13.9. The van der Waals surface area contributed by atoms with E-state index in [1.54, 1.807) is 32.2 Å². The van der Waals surface area contributed by atoms with Crippen LogP contribution in [0.25, 0.3) is 20.7 Å². The predicted octanol–water partition coefficient (Wildman–Crippen LogP) is 6.84. The molecule has 2 N–H and O–H groups in total. The molecule has 6 atom stereocenters. The summed E-state index contributed by atoms with van der Waals surface area (Å²) in [5.74, 6) is -6.38. The number of ether oxygens (including phenoxy) is 1. The van der Waals surface area contributed by atoms with Crippen molar-refractivity contribution in [2.45, 2.75) is 45.4 Å². The Morgan fingerprint density at radius 3 is 2.59 bits per heavy atom. The number of allylic oxidation sites excluding steroid dienone is 2. The molecule has 2 aliphatic carbocycles. The molecule has 0 radical (unpaired) electrons. The molecule has 0 bridgehead atoms. The van der Waals surface area contributed by atoms with E-state index in [4.69, 9.17) is 21.4 Å². The lowest BCUT2D eigenvalue weighted by atomic mass is 9.51. The maximum absolute atomic E-state index is 15.1. The molecule has 2 saturated heterocycles. The number of hydrogen-bond acceptors (Lipinski definition) is 9. The first-order valence-corrected chi connectivity index (χ1v) is 19.6. The van der Waals surface area contributed by atoms with Crippen LogP contribution in [-0.4, -0.2) is 68.1 Å². The summed E-state index contributed by atoms with van der Waals surface area (Å²) in [6.07, 6.45) is 2.17. The highest BCUT2D eigenvalue weighted by molar-refractivity contribution is 9.10. The number of halogens is 2. The molecule has 6 unspecified atom stereocenters. The van der Waals surface area contributed by atoms with Crippen molar-refractivity contribution in [3.63, 3.8) is 0 Å². The number of phenolic OH excluding ortho intramolecular Hbond substituents is 1. The van der Waals surface area contributed by atoms with Gasteiger partial charge in [0, 0.05) is 51.8 Å². The van der Waals surface area contributed by atoms with E-state index in [0.29, 0.717) is 26.3 Å². The van der Waals surface area contributed by atoms with Crippen LogP contribution in [0.1, 0.15) is 49.7 Å². The van der Waals surface area contributed by atoms with E-state index in [0.717, 1.165) is 25.4 Å². The van der Waals surface area contributed by atoms with Crippen molar-refractivity contribution in [3.05, 3.63) is 68.7 Å². The van der Waals surface area contributed by atoms with Gasteiger partial charge in [-0.2, -0.15) is 5.10 Å². The average Bonchev–Trinajstić information content (AvgIpc) is 3.79. The Morgan fingerprint density at radius 1 is 1.11 bits per heavy atom. The maximum Gasteiger partial charge on any atom is 0.303 e. The smallest absolute Gasteiger partial charge is 0.303 e. The third-order valence-electron chi connectivity index (χ3n) is 12.0. The van der Waals surface area contributed by atoms with E-state index in [9.17, 15) is 29.4 Å². The Kier molecular flexibility index (Phi) is 8.81. The number of likely N-dealkylation sites (tertiary alicyclic amines) is 1. The van der Waals surface area contributed by atoms with Crippen LogP contribution in [0.2, 0.25) is 5.02 Å². The minimum atomic E-state index is -1.42. The number of benzene rings is 2. The Bertz CT molecular complexity index is 2370. The number of imide groups is 2. The molecule has 2 aromatic carbocycles. The van der Waals surface area contributed by atoms with Gasteiger partial charge in [0.05, 0.1) is 35.2 Å². The monoisotopic (exact) mass is 834 g/mol. The van der Waals surface area contributed by atoms with Gasteiger partial charge in [-0.1, -0.05) is 39.2 Å². The number of methoxy groups -OCH3 is 1. The Balaban J connectivity index is 1.24. The number of aromatic nitrogens is 2. The molecular weight excluding hydrogens is 800 g/mol. The fraction of sp³-hybridized carbons (Fsp3) is 0.385. The normalized spacial score (nSPS) is 26.3. The molecule has 3 fully saturated rings. The topological polar surface area (TPSA) is 159 Å².